The average Bonchev–Trinajstić information content (AvgIpc) is 2.02. The van der Waals surface area contributed by atoms with Gasteiger partial charge in [0.2, 0.25) is 5.91 Å². The first-order valence-corrected chi connectivity index (χ1v) is 4.81. The number of hydrogen-bond acceptors (Lipinski definition) is 3. The van der Waals surface area contributed by atoms with Crippen LogP contribution < -0.4 is 5.32 Å². The molecule has 1 saturated heterocycles. The molecule has 1 aliphatic rings. The third-order valence-electron chi connectivity index (χ3n) is 2.44. The van der Waals surface area contributed by atoms with Crippen molar-refractivity contribution in [3.8, 4) is 0 Å². The molecule has 13 heavy (non-hydrogen) atoms. The van der Waals surface area contributed by atoms with Gasteiger partial charge < -0.3 is 10.4 Å². The molecular formula is C9H18N2O2. The first-order chi connectivity index (χ1) is 6.09. The Morgan fingerprint density at radius 1 is 1.54 bits per heavy atom. The Hall–Kier alpha value is -0.610. The van der Waals surface area contributed by atoms with Crippen molar-refractivity contribution in [3.05, 3.63) is 0 Å². The van der Waals surface area contributed by atoms with Gasteiger partial charge in [0.1, 0.15) is 0 Å². The molecule has 1 amide bonds. The standard InChI is InChI=1S/C9H18N2O2/c1-3-9(13)6-11(7-9)5-8(12)10-4-2/h13H,3-7H2,1-2H3,(H,10,12). The fraction of sp³-hybridized carbons (Fsp3) is 0.889. The maximum atomic E-state index is 11.1. The van der Waals surface area contributed by atoms with E-state index in [4.69, 9.17) is 0 Å². The molecular weight excluding hydrogens is 168 g/mol. The largest absolute Gasteiger partial charge is 0.387 e. The SMILES string of the molecule is CCNC(=O)CN1CC(O)(CC)C1. The number of likely N-dealkylation sites (tertiary alicyclic amines) is 1. The zero-order valence-electron chi connectivity index (χ0n) is 8.34. The molecule has 76 valence electrons. The summed E-state index contributed by atoms with van der Waals surface area (Å²) in [4.78, 5) is 13.1. The number of hydrogen-bond donors (Lipinski definition) is 2. The summed E-state index contributed by atoms with van der Waals surface area (Å²) in [7, 11) is 0. The number of nitrogens with one attached hydrogen (secondary N) is 1. The van der Waals surface area contributed by atoms with Crippen LogP contribution in [0.15, 0.2) is 0 Å². The van der Waals surface area contributed by atoms with E-state index in [0.29, 0.717) is 26.2 Å². The van der Waals surface area contributed by atoms with Crippen molar-refractivity contribution in [2.45, 2.75) is 25.9 Å². The van der Waals surface area contributed by atoms with Crippen LogP contribution in [0.4, 0.5) is 0 Å². The van der Waals surface area contributed by atoms with E-state index in [1.165, 1.54) is 0 Å². The number of amides is 1. The summed E-state index contributed by atoms with van der Waals surface area (Å²) in [6.07, 6.45) is 0.763. The van der Waals surface area contributed by atoms with Crippen molar-refractivity contribution < 1.29 is 9.90 Å². The molecule has 0 unspecified atom stereocenters. The summed E-state index contributed by atoms with van der Waals surface area (Å²) < 4.78 is 0. The van der Waals surface area contributed by atoms with Gasteiger partial charge in [0, 0.05) is 19.6 Å². The second-order valence-corrected chi connectivity index (χ2v) is 3.68. The maximum Gasteiger partial charge on any atom is 0.234 e. The monoisotopic (exact) mass is 186 g/mol. The van der Waals surface area contributed by atoms with Crippen LogP contribution in [0.25, 0.3) is 0 Å². The summed E-state index contributed by atoms with van der Waals surface area (Å²) in [6, 6.07) is 0. The summed E-state index contributed by atoms with van der Waals surface area (Å²) in [5.74, 6) is 0.0423. The van der Waals surface area contributed by atoms with Gasteiger partial charge in [0.05, 0.1) is 12.1 Å². The molecule has 0 aromatic heterocycles. The number of aliphatic hydroxyl groups is 1. The highest BCUT2D eigenvalue weighted by atomic mass is 16.3. The van der Waals surface area contributed by atoms with Crippen LogP contribution in [0.5, 0.6) is 0 Å². The molecule has 2 N–H and O–H groups in total. The summed E-state index contributed by atoms with van der Waals surface area (Å²) in [5.41, 5.74) is -0.535. The van der Waals surface area contributed by atoms with Crippen LogP contribution >= 0.6 is 0 Å². The normalized spacial score (nSPS) is 20.8. The Morgan fingerprint density at radius 2 is 2.15 bits per heavy atom. The van der Waals surface area contributed by atoms with Gasteiger partial charge in [-0.3, -0.25) is 9.69 Å². The van der Waals surface area contributed by atoms with Gasteiger partial charge in [-0.15, -0.1) is 0 Å². The van der Waals surface area contributed by atoms with Crippen molar-refractivity contribution in [2.24, 2.45) is 0 Å². The zero-order chi connectivity index (χ0) is 9.90. The van der Waals surface area contributed by atoms with E-state index in [0.717, 1.165) is 6.42 Å². The molecule has 0 bridgehead atoms. The van der Waals surface area contributed by atoms with Crippen molar-refractivity contribution in [2.75, 3.05) is 26.2 Å². The summed E-state index contributed by atoms with van der Waals surface area (Å²) >= 11 is 0. The molecule has 0 atom stereocenters. The van der Waals surface area contributed by atoms with Crippen LogP contribution in [0.2, 0.25) is 0 Å². The Bertz CT molecular complexity index is 188. The topological polar surface area (TPSA) is 52.6 Å². The van der Waals surface area contributed by atoms with Crippen molar-refractivity contribution in [1.29, 1.82) is 0 Å². The molecule has 1 heterocycles. The highest BCUT2D eigenvalue weighted by Crippen LogP contribution is 2.23. The molecule has 0 spiro atoms. The van der Waals surface area contributed by atoms with E-state index in [9.17, 15) is 9.90 Å². The fourth-order valence-electron chi connectivity index (χ4n) is 1.58. The Labute approximate surface area is 78.9 Å². The van der Waals surface area contributed by atoms with Crippen molar-refractivity contribution >= 4 is 5.91 Å². The number of carbonyl (C=O) groups is 1. The molecule has 4 nitrogen and oxygen atoms in total. The van der Waals surface area contributed by atoms with E-state index in [-0.39, 0.29) is 5.91 Å². The van der Waals surface area contributed by atoms with Gasteiger partial charge in [-0.25, -0.2) is 0 Å². The predicted octanol–water partition coefficient (Wildman–Crippen LogP) is -0.421. The second-order valence-electron chi connectivity index (χ2n) is 3.68. The van der Waals surface area contributed by atoms with Gasteiger partial charge in [-0.05, 0) is 13.3 Å². The zero-order valence-corrected chi connectivity index (χ0v) is 8.34. The highest BCUT2D eigenvalue weighted by Gasteiger charge is 2.39. The first kappa shape index (κ1) is 10.5. The van der Waals surface area contributed by atoms with E-state index in [1.54, 1.807) is 0 Å². The lowest BCUT2D eigenvalue weighted by atomic mass is 9.91. The molecule has 1 fully saturated rings. The second kappa shape index (κ2) is 4.07. The predicted molar refractivity (Wildman–Crippen MR) is 50.4 cm³/mol. The number of β-amino-alcohol motifs (C(OH)–C–C–N with tert-alkyl or cyclic N) is 1. The van der Waals surface area contributed by atoms with Gasteiger partial charge in [-0.2, -0.15) is 0 Å². The van der Waals surface area contributed by atoms with E-state index in [2.05, 4.69) is 5.32 Å². The van der Waals surface area contributed by atoms with Gasteiger partial charge in [0.15, 0.2) is 0 Å². The first-order valence-electron chi connectivity index (χ1n) is 4.81. The number of rotatable bonds is 4. The lowest BCUT2D eigenvalue weighted by Crippen LogP contribution is -2.62. The molecule has 0 aromatic carbocycles. The van der Waals surface area contributed by atoms with Gasteiger partial charge in [0.25, 0.3) is 0 Å². The number of likely N-dealkylation sites (N-methyl/N-ethyl adjacent to an activating group) is 1. The van der Waals surface area contributed by atoms with Crippen LogP contribution in [-0.2, 0) is 4.79 Å². The molecule has 0 saturated carbocycles. The molecule has 0 radical (unpaired) electrons. The average molecular weight is 186 g/mol. The minimum Gasteiger partial charge on any atom is -0.387 e. The lowest BCUT2D eigenvalue weighted by Gasteiger charge is -2.45. The minimum absolute atomic E-state index is 0.0423. The van der Waals surface area contributed by atoms with E-state index >= 15 is 0 Å². The highest BCUT2D eigenvalue weighted by molar-refractivity contribution is 5.78. The van der Waals surface area contributed by atoms with Gasteiger partial charge >= 0.3 is 0 Å². The third kappa shape index (κ3) is 2.67. The van der Waals surface area contributed by atoms with Crippen molar-refractivity contribution in [1.82, 2.24) is 10.2 Å². The van der Waals surface area contributed by atoms with E-state index < -0.39 is 5.60 Å². The lowest BCUT2D eigenvalue weighted by molar-refractivity contribution is -0.132. The van der Waals surface area contributed by atoms with E-state index in [1.807, 2.05) is 18.7 Å². The van der Waals surface area contributed by atoms with Crippen molar-refractivity contribution in [3.63, 3.8) is 0 Å². The van der Waals surface area contributed by atoms with Gasteiger partial charge in [-0.1, -0.05) is 6.92 Å². The molecule has 1 aliphatic heterocycles. The van der Waals surface area contributed by atoms with Crippen LogP contribution in [0.1, 0.15) is 20.3 Å². The van der Waals surface area contributed by atoms with Crippen LogP contribution in [-0.4, -0.2) is 47.7 Å². The Kier molecular flexibility index (Phi) is 3.27. The molecule has 1 rings (SSSR count). The fourth-order valence-corrected chi connectivity index (χ4v) is 1.58. The Balaban J connectivity index is 2.18. The molecule has 0 aliphatic carbocycles. The van der Waals surface area contributed by atoms with Crippen LogP contribution in [0.3, 0.4) is 0 Å². The third-order valence-corrected chi connectivity index (χ3v) is 2.44. The van der Waals surface area contributed by atoms with Crippen LogP contribution in [0, 0.1) is 0 Å². The smallest absolute Gasteiger partial charge is 0.234 e. The minimum atomic E-state index is -0.535. The molecule has 0 aromatic rings. The number of carbonyl (C=O) groups excluding carboxylic acids is 1. The molecule has 4 heteroatoms. The summed E-state index contributed by atoms with van der Waals surface area (Å²) in [5, 5.41) is 12.4. The maximum absolute atomic E-state index is 11.1. The summed E-state index contributed by atoms with van der Waals surface area (Å²) in [6.45, 7) is 6.20. The quantitative estimate of drug-likeness (QED) is 0.627. The number of nitrogens with zero attached hydrogens (tertiary/aromatic N) is 1. The Morgan fingerprint density at radius 3 is 2.62 bits per heavy atom.